The lowest BCUT2D eigenvalue weighted by molar-refractivity contribution is 0.454. The van der Waals surface area contributed by atoms with Gasteiger partial charge in [0.15, 0.2) is 5.58 Å². The van der Waals surface area contributed by atoms with Gasteiger partial charge in [-0.05, 0) is 6.07 Å². The fourth-order valence-corrected chi connectivity index (χ4v) is 0.666. The van der Waals surface area contributed by atoms with Crippen LogP contribution >= 0.6 is 0 Å². The molecule has 0 saturated heterocycles. The second-order valence-electron chi connectivity index (χ2n) is 1.67. The third kappa shape index (κ3) is 0.579. The number of nitrogens with zero attached hydrogens (tertiary/aromatic N) is 2. The maximum atomic E-state index is 4.75. The Balaban J connectivity index is 2.95. The van der Waals surface area contributed by atoms with Crippen LogP contribution in [0.2, 0.25) is 0 Å². The topological polar surface area (TPSA) is 38.9 Å². The summed E-state index contributed by atoms with van der Waals surface area (Å²) in [5.41, 5.74) is 0.678. The predicted molar refractivity (Wildman–Crippen MR) is 30.6 cm³/mol. The zero-order chi connectivity index (χ0) is 6.10. The summed E-state index contributed by atoms with van der Waals surface area (Å²) in [5.74, 6) is 0. The van der Waals surface area contributed by atoms with E-state index in [1.54, 1.807) is 18.5 Å². The van der Waals surface area contributed by atoms with E-state index in [1.807, 2.05) is 0 Å². The van der Waals surface area contributed by atoms with Crippen molar-refractivity contribution < 1.29 is 4.52 Å². The van der Waals surface area contributed by atoms with Crippen molar-refractivity contribution in [2.45, 2.75) is 0 Å². The van der Waals surface area contributed by atoms with Crippen molar-refractivity contribution in [1.82, 2.24) is 10.1 Å². The van der Waals surface area contributed by atoms with Gasteiger partial charge in [-0.15, -0.1) is 0 Å². The van der Waals surface area contributed by atoms with Gasteiger partial charge in [0.05, 0.1) is 11.6 Å². The van der Waals surface area contributed by atoms with Crippen LogP contribution in [0.4, 0.5) is 0 Å². The lowest BCUT2D eigenvalue weighted by Crippen LogP contribution is -1.65. The number of pyridine rings is 1. The number of rotatable bonds is 0. The fourth-order valence-electron chi connectivity index (χ4n) is 0.666. The third-order valence-electron chi connectivity index (χ3n) is 1.09. The Morgan fingerprint density at radius 3 is 3.44 bits per heavy atom. The Morgan fingerprint density at radius 2 is 2.56 bits per heavy atom. The van der Waals surface area contributed by atoms with E-state index in [1.165, 1.54) is 0 Å². The summed E-state index contributed by atoms with van der Waals surface area (Å²) < 4.78 is 4.75. The van der Waals surface area contributed by atoms with E-state index >= 15 is 0 Å². The first-order chi connectivity index (χ1) is 4.47. The molecule has 0 N–H and O–H groups in total. The van der Waals surface area contributed by atoms with Crippen molar-refractivity contribution >= 4 is 11.0 Å². The van der Waals surface area contributed by atoms with Crippen molar-refractivity contribution in [1.29, 1.82) is 0 Å². The zero-order valence-corrected chi connectivity index (χ0v) is 4.53. The molecule has 0 spiro atoms. The van der Waals surface area contributed by atoms with Gasteiger partial charge in [-0.25, -0.2) is 0 Å². The van der Waals surface area contributed by atoms with Crippen LogP contribution in [0, 0.1) is 6.20 Å². The standard InChI is InChI=1S/C6H3N2O/c1-2-7-4-6-5(1)3-8-9-6/h1-2,4H. The molecule has 0 aliphatic rings. The minimum absolute atomic E-state index is 0.678. The van der Waals surface area contributed by atoms with Gasteiger partial charge in [-0.1, -0.05) is 5.16 Å². The van der Waals surface area contributed by atoms with Crippen LogP contribution in [0.15, 0.2) is 23.0 Å². The van der Waals surface area contributed by atoms with Crippen molar-refractivity contribution in [3.8, 4) is 0 Å². The summed E-state index contributed by atoms with van der Waals surface area (Å²) in [6.45, 7) is 0. The van der Waals surface area contributed by atoms with Crippen LogP contribution < -0.4 is 0 Å². The summed E-state index contributed by atoms with van der Waals surface area (Å²) >= 11 is 0. The molecule has 3 heteroatoms. The summed E-state index contributed by atoms with van der Waals surface area (Å²) in [7, 11) is 0. The molecule has 43 valence electrons. The van der Waals surface area contributed by atoms with Crippen molar-refractivity contribution in [2.75, 3.05) is 0 Å². The highest BCUT2D eigenvalue weighted by Crippen LogP contribution is 2.07. The molecular weight excluding hydrogens is 116 g/mol. The van der Waals surface area contributed by atoms with E-state index in [0.717, 1.165) is 5.39 Å². The van der Waals surface area contributed by atoms with Crippen LogP contribution in [0.25, 0.3) is 11.0 Å². The summed E-state index contributed by atoms with van der Waals surface area (Å²) in [5, 5.41) is 4.33. The van der Waals surface area contributed by atoms with Crippen LogP contribution in [-0.4, -0.2) is 10.1 Å². The van der Waals surface area contributed by atoms with Crippen LogP contribution in [0.5, 0.6) is 0 Å². The molecule has 1 radical (unpaired) electrons. The van der Waals surface area contributed by atoms with Gasteiger partial charge in [0.25, 0.3) is 0 Å². The first-order valence-electron chi connectivity index (χ1n) is 2.54. The summed E-state index contributed by atoms with van der Waals surface area (Å²) in [6, 6.07) is 1.80. The Kier molecular flexibility index (Phi) is 0.773. The Labute approximate surface area is 51.3 Å². The van der Waals surface area contributed by atoms with E-state index in [9.17, 15) is 0 Å². The molecule has 0 aromatic carbocycles. The fraction of sp³-hybridized carbons (Fsp3) is 0. The Morgan fingerprint density at radius 1 is 1.56 bits per heavy atom. The number of fused-ring (bicyclic) bond motifs is 1. The lowest BCUT2D eigenvalue weighted by Gasteiger charge is -1.78. The minimum Gasteiger partial charge on any atom is -0.354 e. The lowest BCUT2D eigenvalue weighted by atomic mass is 10.4. The van der Waals surface area contributed by atoms with Crippen molar-refractivity contribution in [3.05, 3.63) is 24.7 Å². The van der Waals surface area contributed by atoms with Crippen LogP contribution in [0.1, 0.15) is 0 Å². The van der Waals surface area contributed by atoms with Gasteiger partial charge in [-0.2, -0.15) is 0 Å². The Hall–Kier alpha value is -1.38. The smallest absolute Gasteiger partial charge is 0.185 e. The molecule has 2 aromatic rings. The second kappa shape index (κ2) is 1.55. The molecule has 2 heterocycles. The SMILES string of the molecule is [c]1noc2cnccc12. The molecule has 0 unspecified atom stereocenters. The molecule has 2 aromatic heterocycles. The quantitative estimate of drug-likeness (QED) is 0.519. The second-order valence-corrected chi connectivity index (χ2v) is 1.67. The van der Waals surface area contributed by atoms with Crippen molar-refractivity contribution in [2.24, 2.45) is 0 Å². The molecule has 0 aliphatic carbocycles. The van der Waals surface area contributed by atoms with Gasteiger partial charge in [-0.3, -0.25) is 4.98 Å². The number of hydrogen-bond acceptors (Lipinski definition) is 3. The summed E-state index contributed by atoms with van der Waals surface area (Å²) in [6.07, 6.45) is 5.95. The number of hydrogen-bond donors (Lipinski definition) is 0. The molecule has 3 nitrogen and oxygen atoms in total. The average molecular weight is 119 g/mol. The monoisotopic (exact) mass is 119 g/mol. The zero-order valence-electron chi connectivity index (χ0n) is 4.53. The van der Waals surface area contributed by atoms with E-state index < -0.39 is 0 Å². The normalized spacial score (nSPS) is 10.2. The van der Waals surface area contributed by atoms with Gasteiger partial charge in [0.1, 0.15) is 6.20 Å². The van der Waals surface area contributed by atoms with Crippen LogP contribution in [0.3, 0.4) is 0 Å². The average Bonchev–Trinajstić information content (AvgIpc) is 2.33. The highest BCUT2D eigenvalue weighted by Gasteiger charge is 1.93. The first-order valence-corrected chi connectivity index (χ1v) is 2.54. The Bertz CT molecular complexity index is 285. The molecule has 0 saturated carbocycles. The minimum atomic E-state index is 0.678. The van der Waals surface area contributed by atoms with E-state index in [-0.39, 0.29) is 0 Å². The third-order valence-corrected chi connectivity index (χ3v) is 1.09. The largest absolute Gasteiger partial charge is 0.354 e. The molecule has 2 rings (SSSR count). The molecule has 0 amide bonds. The van der Waals surface area contributed by atoms with E-state index in [0.29, 0.717) is 5.58 Å². The highest BCUT2D eigenvalue weighted by atomic mass is 16.5. The predicted octanol–water partition coefficient (Wildman–Crippen LogP) is 1.02. The van der Waals surface area contributed by atoms with Crippen LogP contribution in [-0.2, 0) is 0 Å². The molecule has 9 heavy (non-hydrogen) atoms. The van der Waals surface area contributed by atoms with E-state index in [4.69, 9.17) is 4.52 Å². The molecule has 0 fully saturated rings. The summed E-state index contributed by atoms with van der Waals surface area (Å²) in [4.78, 5) is 3.83. The van der Waals surface area contributed by atoms with Gasteiger partial charge in [0.2, 0.25) is 0 Å². The van der Waals surface area contributed by atoms with Crippen molar-refractivity contribution in [3.63, 3.8) is 0 Å². The molecule has 0 bridgehead atoms. The van der Waals surface area contributed by atoms with E-state index in [2.05, 4.69) is 16.3 Å². The maximum Gasteiger partial charge on any atom is 0.185 e. The van der Waals surface area contributed by atoms with Gasteiger partial charge < -0.3 is 4.52 Å². The maximum absolute atomic E-state index is 4.75. The first kappa shape index (κ1) is 4.49. The molecule has 0 aliphatic heterocycles. The molecular formula is C6H3N2O. The van der Waals surface area contributed by atoms with Gasteiger partial charge >= 0.3 is 0 Å². The molecule has 0 atom stereocenters. The highest BCUT2D eigenvalue weighted by molar-refractivity contribution is 5.73. The van der Waals surface area contributed by atoms with Gasteiger partial charge in [0, 0.05) is 6.20 Å². The number of aromatic nitrogens is 2.